The van der Waals surface area contributed by atoms with Gasteiger partial charge >= 0.3 is 5.97 Å². The standard InChI is InChI=1S/C24H20Cl2N2O5/c25-16-2-1-3-17(21(16)26)27-18(29)11-33-24(32)12-6-8-15(9-7-12)28-22(30)19-13-4-5-14(10-13)20(19)23(28)31/h1-3,6-9,13-14,19-20H,4-5,10-11H2,(H,27,29)/t13-,14-,19-,20-/m0/s1. The Bertz CT molecular complexity index is 1140. The molecule has 9 heteroatoms. The quantitative estimate of drug-likeness (QED) is 0.501. The van der Waals surface area contributed by atoms with Crippen molar-refractivity contribution < 1.29 is 23.9 Å². The van der Waals surface area contributed by atoms with Crippen molar-refractivity contribution in [3.8, 4) is 0 Å². The monoisotopic (exact) mass is 486 g/mol. The van der Waals surface area contributed by atoms with E-state index in [-0.39, 0.29) is 39.3 Å². The summed E-state index contributed by atoms with van der Waals surface area (Å²) in [7, 11) is 0. The number of nitrogens with zero attached hydrogens (tertiary/aromatic N) is 1. The fourth-order valence-electron chi connectivity index (χ4n) is 5.41. The minimum absolute atomic E-state index is 0.135. The molecule has 1 heterocycles. The predicted octanol–water partition coefficient (Wildman–Crippen LogP) is 4.32. The molecule has 2 aromatic rings. The molecule has 1 N–H and O–H groups in total. The van der Waals surface area contributed by atoms with Crippen molar-refractivity contribution in [3.05, 3.63) is 58.1 Å². The van der Waals surface area contributed by atoms with E-state index in [0.29, 0.717) is 23.2 Å². The summed E-state index contributed by atoms with van der Waals surface area (Å²) >= 11 is 11.9. The Morgan fingerprint density at radius 1 is 0.970 bits per heavy atom. The van der Waals surface area contributed by atoms with E-state index >= 15 is 0 Å². The van der Waals surface area contributed by atoms with Crippen LogP contribution in [-0.4, -0.2) is 30.3 Å². The Morgan fingerprint density at radius 3 is 2.24 bits per heavy atom. The normalized spacial score (nSPS) is 25.3. The van der Waals surface area contributed by atoms with Gasteiger partial charge in [-0.15, -0.1) is 0 Å². The fraction of sp³-hybridized carbons (Fsp3) is 0.333. The molecule has 0 aromatic heterocycles. The summed E-state index contributed by atoms with van der Waals surface area (Å²) in [6.45, 7) is -0.515. The molecule has 2 saturated carbocycles. The summed E-state index contributed by atoms with van der Waals surface area (Å²) in [4.78, 5) is 51.6. The Labute approximate surface area is 200 Å². The van der Waals surface area contributed by atoms with Gasteiger partial charge in [0.25, 0.3) is 5.91 Å². The van der Waals surface area contributed by atoms with Gasteiger partial charge in [-0.1, -0.05) is 29.3 Å². The lowest BCUT2D eigenvalue weighted by Gasteiger charge is -2.19. The minimum Gasteiger partial charge on any atom is -0.452 e. The van der Waals surface area contributed by atoms with Crippen molar-refractivity contribution in [1.82, 2.24) is 0 Å². The van der Waals surface area contributed by atoms with E-state index in [4.69, 9.17) is 27.9 Å². The number of rotatable bonds is 5. The second-order valence-corrected chi connectivity index (χ2v) is 9.45. The van der Waals surface area contributed by atoms with Gasteiger partial charge < -0.3 is 10.1 Å². The molecule has 1 aliphatic heterocycles. The molecule has 2 aliphatic carbocycles. The van der Waals surface area contributed by atoms with Crippen LogP contribution in [0.15, 0.2) is 42.5 Å². The molecule has 3 fully saturated rings. The summed E-state index contributed by atoms with van der Waals surface area (Å²) in [5.74, 6) is -1.33. The highest BCUT2D eigenvalue weighted by atomic mass is 35.5. The summed E-state index contributed by atoms with van der Waals surface area (Å²) in [6.07, 6.45) is 3.00. The zero-order chi connectivity index (χ0) is 23.3. The first-order valence-electron chi connectivity index (χ1n) is 10.7. The number of benzene rings is 2. The molecule has 33 heavy (non-hydrogen) atoms. The van der Waals surface area contributed by atoms with Crippen LogP contribution >= 0.6 is 23.2 Å². The first-order chi connectivity index (χ1) is 15.8. The molecule has 3 aliphatic rings. The van der Waals surface area contributed by atoms with Crippen LogP contribution in [0.2, 0.25) is 10.0 Å². The van der Waals surface area contributed by atoms with Gasteiger partial charge in [0, 0.05) is 0 Å². The highest BCUT2D eigenvalue weighted by Gasteiger charge is 2.61. The smallest absolute Gasteiger partial charge is 0.338 e. The number of fused-ring (bicyclic) bond motifs is 5. The second kappa shape index (κ2) is 8.47. The van der Waals surface area contributed by atoms with Crippen molar-refractivity contribution in [2.45, 2.75) is 19.3 Å². The van der Waals surface area contributed by atoms with Crippen molar-refractivity contribution in [3.63, 3.8) is 0 Å². The van der Waals surface area contributed by atoms with E-state index in [2.05, 4.69) is 5.32 Å². The van der Waals surface area contributed by atoms with Crippen LogP contribution in [0.25, 0.3) is 0 Å². The zero-order valence-corrected chi connectivity index (χ0v) is 18.9. The lowest BCUT2D eigenvalue weighted by Crippen LogP contribution is -2.32. The lowest BCUT2D eigenvalue weighted by atomic mass is 9.81. The van der Waals surface area contributed by atoms with Crippen LogP contribution in [-0.2, 0) is 19.1 Å². The third kappa shape index (κ3) is 3.79. The minimum atomic E-state index is -0.706. The third-order valence-corrected chi connectivity index (χ3v) is 7.67. The van der Waals surface area contributed by atoms with E-state index in [1.165, 1.54) is 17.0 Å². The highest BCUT2D eigenvalue weighted by Crippen LogP contribution is 2.56. The number of nitrogens with one attached hydrogen (secondary N) is 1. The van der Waals surface area contributed by atoms with Gasteiger partial charge in [0.05, 0.1) is 38.8 Å². The molecule has 0 radical (unpaired) electrons. The first-order valence-corrected chi connectivity index (χ1v) is 11.5. The Morgan fingerprint density at radius 2 is 1.61 bits per heavy atom. The van der Waals surface area contributed by atoms with Crippen molar-refractivity contribution in [2.24, 2.45) is 23.7 Å². The Balaban J connectivity index is 1.20. The number of hydrogen-bond donors (Lipinski definition) is 1. The van der Waals surface area contributed by atoms with Gasteiger partial charge in [-0.05, 0) is 67.5 Å². The van der Waals surface area contributed by atoms with E-state index < -0.39 is 18.5 Å². The van der Waals surface area contributed by atoms with Gasteiger partial charge in [0.1, 0.15) is 0 Å². The maximum atomic E-state index is 12.9. The van der Waals surface area contributed by atoms with Gasteiger partial charge in [-0.2, -0.15) is 0 Å². The second-order valence-electron chi connectivity index (χ2n) is 8.67. The lowest BCUT2D eigenvalue weighted by molar-refractivity contribution is -0.123. The number of hydrogen-bond acceptors (Lipinski definition) is 5. The number of carbonyl (C=O) groups is 4. The molecule has 170 valence electrons. The van der Waals surface area contributed by atoms with Crippen molar-refractivity contribution in [2.75, 3.05) is 16.8 Å². The SMILES string of the molecule is O=C(COC(=O)c1ccc(N2C(=O)[C@H]3[C@H]4CC[C@@H](C4)[C@@H]3C2=O)cc1)Nc1cccc(Cl)c1Cl. The van der Waals surface area contributed by atoms with Gasteiger partial charge in [0.15, 0.2) is 6.61 Å². The van der Waals surface area contributed by atoms with E-state index in [9.17, 15) is 19.2 Å². The molecular formula is C24H20Cl2N2O5. The molecule has 0 unspecified atom stereocenters. The number of carbonyl (C=O) groups excluding carboxylic acids is 4. The number of ether oxygens (including phenoxy) is 1. The van der Waals surface area contributed by atoms with Crippen LogP contribution < -0.4 is 10.2 Å². The topological polar surface area (TPSA) is 92.8 Å². The number of esters is 1. The van der Waals surface area contributed by atoms with E-state index in [1.807, 2.05) is 0 Å². The number of anilines is 2. The number of halogens is 2. The van der Waals surface area contributed by atoms with Crippen LogP contribution in [0.5, 0.6) is 0 Å². The van der Waals surface area contributed by atoms with Crippen molar-refractivity contribution >= 4 is 58.3 Å². The Kier molecular flexibility index (Phi) is 5.62. The molecular weight excluding hydrogens is 467 g/mol. The van der Waals surface area contributed by atoms with Gasteiger partial charge in [0.2, 0.25) is 11.8 Å². The van der Waals surface area contributed by atoms with E-state index in [0.717, 1.165) is 19.3 Å². The number of imide groups is 1. The highest BCUT2D eigenvalue weighted by molar-refractivity contribution is 6.44. The Hall–Kier alpha value is -2.90. The molecule has 2 bridgehead atoms. The first kappa shape index (κ1) is 21.9. The maximum absolute atomic E-state index is 12.9. The van der Waals surface area contributed by atoms with Crippen LogP contribution in [0.4, 0.5) is 11.4 Å². The van der Waals surface area contributed by atoms with Gasteiger partial charge in [-0.3, -0.25) is 19.3 Å². The molecule has 4 atom stereocenters. The van der Waals surface area contributed by atoms with Gasteiger partial charge in [-0.25, -0.2) is 4.79 Å². The predicted molar refractivity (Wildman–Crippen MR) is 122 cm³/mol. The van der Waals surface area contributed by atoms with Crippen molar-refractivity contribution in [1.29, 1.82) is 0 Å². The summed E-state index contributed by atoms with van der Waals surface area (Å²) in [6, 6.07) is 10.9. The van der Waals surface area contributed by atoms with E-state index in [1.54, 1.807) is 30.3 Å². The van der Waals surface area contributed by atoms with Crippen LogP contribution in [0.1, 0.15) is 29.6 Å². The average Bonchev–Trinajstić information content (AvgIpc) is 3.49. The molecule has 5 rings (SSSR count). The molecule has 0 spiro atoms. The molecule has 7 nitrogen and oxygen atoms in total. The molecule has 2 aromatic carbocycles. The molecule has 1 saturated heterocycles. The van der Waals surface area contributed by atoms with Crippen LogP contribution in [0.3, 0.4) is 0 Å². The number of amides is 3. The summed E-state index contributed by atoms with van der Waals surface area (Å²) < 4.78 is 5.06. The van der Waals surface area contributed by atoms with Crippen LogP contribution in [0, 0.1) is 23.7 Å². The fourth-order valence-corrected chi connectivity index (χ4v) is 5.76. The summed E-state index contributed by atoms with van der Waals surface area (Å²) in [5.41, 5.74) is 0.961. The largest absolute Gasteiger partial charge is 0.452 e. The zero-order valence-electron chi connectivity index (χ0n) is 17.4. The summed E-state index contributed by atoms with van der Waals surface area (Å²) in [5, 5.41) is 3.01. The third-order valence-electron chi connectivity index (χ3n) is 6.85. The maximum Gasteiger partial charge on any atom is 0.338 e. The average molecular weight is 487 g/mol. The molecule has 3 amide bonds.